The van der Waals surface area contributed by atoms with Gasteiger partial charge in [-0.3, -0.25) is 0 Å². The first kappa shape index (κ1) is 24.9. The average Bonchev–Trinajstić information content (AvgIpc) is 2.62. The van der Waals surface area contributed by atoms with E-state index in [9.17, 15) is 0 Å². The molecule has 0 aliphatic heterocycles. The summed E-state index contributed by atoms with van der Waals surface area (Å²) in [6.07, 6.45) is 14.7. The molecule has 0 aromatic heterocycles. The summed E-state index contributed by atoms with van der Waals surface area (Å²) in [5, 5.41) is 0. The molecule has 0 aromatic rings. The summed E-state index contributed by atoms with van der Waals surface area (Å²) < 4.78 is 17.8. The number of unbranched alkanes of at least 4 members (excludes halogenated alkanes) is 4. The molecule has 0 bridgehead atoms. The van der Waals surface area contributed by atoms with Gasteiger partial charge in [0.2, 0.25) is 0 Å². The van der Waals surface area contributed by atoms with Crippen molar-refractivity contribution in [1.82, 2.24) is 0 Å². The van der Waals surface area contributed by atoms with Crippen molar-refractivity contribution in [3.8, 4) is 0 Å². The molecule has 0 saturated carbocycles. The van der Waals surface area contributed by atoms with Gasteiger partial charge in [-0.25, -0.2) is 0 Å². The number of hydrogen-bond acceptors (Lipinski definition) is 3. The number of methoxy groups -OCH3 is 3. The van der Waals surface area contributed by atoms with E-state index in [0.717, 1.165) is 25.7 Å². The second-order valence-corrected chi connectivity index (χ2v) is 7.51. The van der Waals surface area contributed by atoms with Crippen molar-refractivity contribution in [2.75, 3.05) is 21.3 Å². The Morgan fingerprint density at radius 2 is 1.12 bits per heavy atom. The van der Waals surface area contributed by atoms with Gasteiger partial charge in [-0.1, -0.05) is 79.1 Å². The van der Waals surface area contributed by atoms with Gasteiger partial charge in [0, 0.05) is 21.3 Å². The van der Waals surface area contributed by atoms with Crippen LogP contribution >= 0.6 is 0 Å². The Morgan fingerprint density at radius 1 is 0.600 bits per heavy atom. The van der Waals surface area contributed by atoms with Gasteiger partial charge in [-0.05, 0) is 31.6 Å². The molecule has 0 fully saturated rings. The maximum absolute atomic E-state index is 5.93. The summed E-state index contributed by atoms with van der Waals surface area (Å²) in [6.45, 7) is 9.10. The van der Waals surface area contributed by atoms with Gasteiger partial charge in [0.1, 0.15) is 0 Å². The maximum Gasteiger partial charge on any atom is 0.288 e. The van der Waals surface area contributed by atoms with Crippen molar-refractivity contribution >= 4 is 0 Å². The van der Waals surface area contributed by atoms with Crippen LogP contribution in [0, 0.1) is 11.3 Å². The second-order valence-electron chi connectivity index (χ2n) is 7.51. The topological polar surface area (TPSA) is 27.7 Å². The first-order valence-electron chi connectivity index (χ1n) is 10.7. The molecule has 152 valence electrons. The van der Waals surface area contributed by atoms with Gasteiger partial charge in [-0.2, -0.15) is 0 Å². The van der Waals surface area contributed by atoms with Crippen molar-refractivity contribution in [3.05, 3.63) is 0 Å². The van der Waals surface area contributed by atoms with Crippen molar-refractivity contribution in [1.29, 1.82) is 0 Å². The summed E-state index contributed by atoms with van der Waals surface area (Å²) >= 11 is 0. The van der Waals surface area contributed by atoms with Crippen LogP contribution in [0.3, 0.4) is 0 Å². The fourth-order valence-electron chi connectivity index (χ4n) is 4.88. The van der Waals surface area contributed by atoms with Crippen molar-refractivity contribution < 1.29 is 14.2 Å². The first-order chi connectivity index (χ1) is 12.1. The maximum atomic E-state index is 5.93. The molecule has 0 rings (SSSR count). The van der Waals surface area contributed by atoms with Crippen molar-refractivity contribution in [2.24, 2.45) is 11.3 Å². The van der Waals surface area contributed by atoms with Crippen LogP contribution in [0.25, 0.3) is 0 Å². The van der Waals surface area contributed by atoms with Crippen molar-refractivity contribution in [3.63, 3.8) is 0 Å². The highest BCUT2D eigenvalue weighted by atomic mass is 16.9. The molecule has 25 heavy (non-hydrogen) atoms. The molecule has 0 aliphatic rings. The Bertz CT molecular complexity index is 285. The van der Waals surface area contributed by atoms with Crippen LogP contribution in [0.4, 0.5) is 0 Å². The third-order valence-electron chi connectivity index (χ3n) is 5.88. The average molecular weight is 359 g/mol. The summed E-state index contributed by atoms with van der Waals surface area (Å²) in [4.78, 5) is 0. The smallest absolute Gasteiger partial charge is 0.288 e. The summed E-state index contributed by atoms with van der Waals surface area (Å²) in [5.74, 6) is -0.374. The van der Waals surface area contributed by atoms with E-state index in [-0.39, 0.29) is 5.41 Å². The minimum atomic E-state index is -0.942. The lowest BCUT2D eigenvalue weighted by Crippen LogP contribution is -2.56. The van der Waals surface area contributed by atoms with Gasteiger partial charge < -0.3 is 14.2 Å². The van der Waals surface area contributed by atoms with E-state index < -0.39 is 5.97 Å². The molecule has 1 atom stereocenters. The normalized spacial score (nSPS) is 14.0. The molecule has 0 aliphatic carbocycles. The molecule has 0 heterocycles. The van der Waals surface area contributed by atoms with Gasteiger partial charge >= 0.3 is 0 Å². The second kappa shape index (κ2) is 14.0. The monoisotopic (exact) mass is 358 g/mol. The molecule has 3 nitrogen and oxygen atoms in total. The van der Waals surface area contributed by atoms with Gasteiger partial charge in [0.25, 0.3) is 5.97 Å². The van der Waals surface area contributed by atoms with Crippen LogP contribution in [0.1, 0.15) is 105 Å². The number of rotatable bonds is 17. The Labute approximate surface area is 158 Å². The highest BCUT2D eigenvalue weighted by Gasteiger charge is 2.56. The largest absolute Gasteiger partial charge is 0.330 e. The van der Waals surface area contributed by atoms with E-state index in [1.165, 1.54) is 51.4 Å². The molecule has 0 amide bonds. The van der Waals surface area contributed by atoms with E-state index >= 15 is 0 Å². The van der Waals surface area contributed by atoms with E-state index in [1.54, 1.807) is 21.3 Å². The van der Waals surface area contributed by atoms with Gasteiger partial charge in [0.15, 0.2) is 0 Å². The van der Waals surface area contributed by atoms with E-state index in [2.05, 4.69) is 27.7 Å². The predicted octanol–water partition coefficient (Wildman–Crippen LogP) is 6.94. The molecule has 3 heteroatoms. The molecule has 0 radical (unpaired) electrons. The highest BCUT2D eigenvalue weighted by Crippen LogP contribution is 2.52. The standard InChI is InChI=1S/C22H46O3/c1-8-12-13-14-15-17-20(16-9-2)21(18-10-3,19-11-4)22(23-5,24-6)25-7/h20H,8-19H2,1-7H3. The SMILES string of the molecule is CCCCCCCC(CCC)C(CCC)(CCC)C(OC)(OC)OC. The van der Waals surface area contributed by atoms with Crippen LogP contribution in [0.2, 0.25) is 0 Å². The van der Waals surface area contributed by atoms with Gasteiger partial charge in [-0.15, -0.1) is 0 Å². The third kappa shape index (κ3) is 6.52. The minimum absolute atomic E-state index is 0.0878. The molecule has 1 unspecified atom stereocenters. The van der Waals surface area contributed by atoms with Crippen LogP contribution < -0.4 is 0 Å². The molecular weight excluding hydrogens is 312 g/mol. The Balaban J connectivity index is 5.58. The summed E-state index contributed by atoms with van der Waals surface area (Å²) in [5.41, 5.74) is -0.0878. The molecule has 0 saturated heterocycles. The number of hydrogen-bond donors (Lipinski definition) is 0. The van der Waals surface area contributed by atoms with E-state index in [1.807, 2.05) is 0 Å². The Morgan fingerprint density at radius 3 is 1.52 bits per heavy atom. The van der Waals surface area contributed by atoms with Crippen LogP contribution in [-0.4, -0.2) is 27.3 Å². The quantitative estimate of drug-likeness (QED) is 0.208. The predicted molar refractivity (Wildman–Crippen MR) is 108 cm³/mol. The lowest BCUT2D eigenvalue weighted by atomic mass is 9.64. The molecule has 0 aromatic carbocycles. The zero-order chi connectivity index (χ0) is 19.2. The minimum Gasteiger partial charge on any atom is -0.330 e. The first-order valence-corrected chi connectivity index (χ1v) is 10.7. The van der Waals surface area contributed by atoms with Crippen LogP contribution in [0.5, 0.6) is 0 Å². The zero-order valence-corrected chi connectivity index (χ0v) is 18.3. The lowest BCUT2D eigenvalue weighted by Gasteiger charge is -2.51. The highest BCUT2D eigenvalue weighted by molar-refractivity contribution is 4.94. The van der Waals surface area contributed by atoms with E-state index in [0.29, 0.717) is 5.92 Å². The zero-order valence-electron chi connectivity index (χ0n) is 18.3. The lowest BCUT2D eigenvalue weighted by molar-refractivity contribution is -0.419. The van der Waals surface area contributed by atoms with Crippen molar-refractivity contribution in [2.45, 2.75) is 111 Å². The van der Waals surface area contributed by atoms with Crippen LogP contribution in [0.15, 0.2) is 0 Å². The van der Waals surface area contributed by atoms with Gasteiger partial charge in [0.05, 0.1) is 5.41 Å². The van der Waals surface area contributed by atoms with E-state index in [4.69, 9.17) is 14.2 Å². The Hall–Kier alpha value is -0.120. The fraction of sp³-hybridized carbons (Fsp3) is 1.00. The number of ether oxygens (including phenoxy) is 3. The third-order valence-corrected chi connectivity index (χ3v) is 5.88. The fourth-order valence-corrected chi connectivity index (χ4v) is 4.88. The summed E-state index contributed by atoms with van der Waals surface area (Å²) in [6, 6.07) is 0. The van der Waals surface area contributed by atoms with Crippen LogP contribution in [-0.2, 0) is 14.2 Å². The molecule has 0 spiro atoms. The molecule has 0 N–H and O–H groups in total. The summed E-state index contributed by atoms with van der Waals surface area (Å²) in [7, 11) is 5.20. The Kier molecular flexibility index (Phi) is 13.9. The molecular formula is C22H46O3.